The van der Waals surface area contributed by atoms with Crippen molar-refractivity contribution in [3.8, 4) is 0 Å². The molecule has 0 aliphatic heterocycles. The largest absolute Gasteiger partial charge is 0.395 e. The molecule has 0 aliphatic rings. The van der Waals surface area contributed by atoms with Crippen LogP contribution in [0, 0.1) is 10.5 Å². The number of nitrogens with zero attached hydrogens (tertiary/aromatic N) is 1. The van der Waals surface area contributed by atoms with Gasteiger partial charge in [-0.25, -0.2) is 0 Å². The average molecular weight is 377 g/mol. The van der Waals surface area contributed by atoms with Gasteiger partial charge in [-0.2, -0.15) is 5.10 Å². The number of nitrogen functional groups attached to an aromatic ring is 1. The summed E-state index contributed by atoms with van der Waals surface area (Å²) < 4.78 is 0.847. The summed E-state index contributed by atoms with van der Waals surface area (Å²) in [6.07, 6.45) is 0. The van der Waals surface area contributed by atoms with Crippen LogP contribution in [-0.2, 0) is 0 Å². The van der Waals surface area contributed by atoms with E-state index in [9.17, 15) is 4.79 Å². The lowest BCUT2D eigenvalue weighted by atomic mass is 10.2. The van der Waals surface area contributed by atoms with Gasteiger partial charge in [0, 0.05) is 8.59 Å². The molecule has 0 aliphatic carbocycles. The number of halogens is 2. The molecule has 0 saturated heterocycles. The Labute approximate surface area is 122 Å². The lowest BCUT2D eigenvalue weighted by molar-refractivity contribution is 0.102. The fourth-order valence-electron chi connectivity index (χ4n) is 1.38. The Morgan fingerprint density at radius 3 is 2.83 bits per heavy atom. The van der Waals surface area contributed by atoms with Crippen molar-refractivity contribution < 1.29 is 4.79 Å². The van der Waals surface area contributed by atoms with Gasteiger partial charge in [0.25, 0.3) is 5.91 Å². The van der Waals surface area contributed by atoms with Gasteiger partial charge in [0.2, 0.25) is 0 Å². The van der Waals surface area contributed by atoms with Gasteiger partial charge in [-0.3, -0.25) is 9.89 Å². The van der Waals surface area contributed by atoms with Gasteiger partial charge in [-0.05, 0) is 47.7 Å². The second-order valence-electron chi connectivity index (χ2n) is 3.69. The third-order valence-corrected chi connectivity index (χ3v) is 3.52. The summed E-state index contributed by atoms with van der Waals surface area (Å²) in [5.41, 5.74) is 7.64. The standard InChI is InChI=1S/C11H10ClIN4O/c1-5-9(14)10(17-16-5)11(18)15-8-3-2-6(12)4-7(8)13/h2-4H,14H2,1H3,(H,15,18)(H,16,17). The normalized spacial score (nSPS) is 10.4. The van der Waals surface area contributed by atoms with Crippen molar-refractivity contribution in [3.05, 3.63) is 38.2 Å². The highest BCUT2D eigenvalue weighted by Gasteiger charge is 2.16. The van der Waals surface area contributed by atoms with Crippen molar-refractivity contribution in [2.45, 2.75) is 6.92 Å². The highest BCUT2D eigenvalue weighted by atomic mass is 127. The molecule has 0 fully saturated rings. The molecule has 5 nitrogen and oxygen atoms in total. The maximum atomic E-state index is 12.0. The van der Waals surface area contributed by atoms with Crippen molar-refractivity contribution >= 4 is 51.5 Å². The third-order valence-electron chi connectivity index (χ3n) is 2.39. The van der Waals surface area contributed by atoms with E-state index in [0.717, 1.165) is 3.57 Å². The molecule has 1 amide bonds. The van der Waals surface area contributed by atoms with Gasteiger partial charge in [-0.1, -0.05) is 11.6 Å². The maximum Gasteiger partial charge on any atom is 0.278 e. The van der Waals surface area contributed by atoms with E-state index < -0.39 is 0 Å². The number of carbonyl (C=O) groups is 1. The van der Waals surface area contributed by atoms with Crippen LogP contribution in [0.4, 0.5) is 11.4 Å². The molecule has 1 aromatic heterocycles. The summed E-state index contributed by atoms with van der Waals surface area (Å²) in [6.45, 7) is 1.76. The van der Waals surface area contributed by atoms with Crippen LogP contribution < -0.4 is 11.1 Å². The Morgan fingerprint density at radius 2 is 2.28 bits per heavy atom. The number of aromatic nitrogens is 2. The topological polar surface area (TPSA) is 83.8 Å². The highest BCUT2D eigenvalue weighted by molar-refractivity contribution is 14.1. The van der Waals surface area contributed by atoms with Crippen molar-refractivity contribution in [1.82, 2.24) is 10.2 Å². The van der Waals surface area contributed by atoms with Gasteiger partial charge in [0.1, 0.15) is 0 Å². The Balaban J connectivity index is 2.24. The van der Waals surface area contributed by atoms with Gasteiger partial charge < -0.3 is 11.1 Å². The fraction of sp³-hybridized carbons (Fsp3) is 0.0909. The van der Waals surface area contributed by atoms with Crippen LogP contribution in [0.25, 0.3) is 0 Å². The molecule has 0 saturated carbocycles. The SMILES string of the molecule is Cc1[nH]nc(C(=O)Nc2ccc(Cl)cc2I)c1N. The number of nitrogens with two attached hydrogens (primary N) is 1. The smallest absolute Gasteiger partial charge is 0.278 e. The number of benzene rings is 1. The number of aromatic amines is 1. The van der Waals surface area contributed by atoms with E-state index >= 15 is 0 Å². The summed E-state index contributed by atoms with van der Waals surface area (Å²) in [6, 6.07) is 5.20. The minimum Gasteiger partial charge on any atom is -0.395 e. The van der Waals surface area contributed by atoms with Crippen LogP contribution in [0.1, 0.15) is 16.2 Å². The molecule has 0 spiro atoms. The zero-order valence-corrected chi connectivity index (χ0v) is 12.3. The fourth-order valence-corrected chi connectivity index (χ4v) is 2.39. The van der Waals surface area contributed by atoms with Gasteiger partial charge >= 0.3 is 0 Å². The lowest BCUT2D eigenvalue weighted by Gasteiger charge is -2.06. The lowest BCUT2D eigenvalue weighted by Crippen LogP contribution is -2.15. The molecule has 0 atom stereocenters. The molecule has 94 valence electrons. The average Bonchev–Trinajstić information content (AvgIpc) is 2.64. The number of rotatable bonds is 2. The summed E-state index contributed by atoms with van der Waals surface area (Å²) in [5.74, 6) is -0.350. The number of anilines is 2. The molecule has 0 unspecified atom stereocenters. The second kappa shape index (κ2) is 5.15. The van der Waals surface area contributed by atoms with Gasteiger partial charge in [0.15, 0.2) is 5.69 Å². The van der Waals surface area contributed by atoms with Crippen LogP contribution in [0.2, 0.25) is 5.02 Å². The zero-order chi connectivity index (χ0) is 13.3. The van der Waals surface area contributed by atoms with Crippen LogP contribution in [0.5, 0.6) is 0 Å². The molecule has 1 aromatic carbocycles. The van der Waals surface area contributed by atoms with E-state index in [4.69, 9.17) is 17.3 Å². The van der Waals surface area contributed by atoms with E-state index in [0.29, 0.717) is 22.1 Å². The molecule has 7 heteroatoms. The number of aryl methyl sites for hydroxylation is 1. The minimum absolute atomic E-state index is 0.193. The number of carbonyl (C=O) groups excluding carboxylic acids is 1. The van der Waals surface area contributed by atoms with Gasteiger partial charge in [0.05, 0.1) is 17.1 Å². The number of hydrogen-bond donors (Lipinski definition) is 3. The Hall–Kier alpha value is -1.28. The molecule has 0 radical (unpaired) electrons. The number of amides is 1. The quantitative estimate of drug-likeness (QED) is 0.705. The predicted octanol–water partition coefficient (Wildman–Crippen LogP) is 2.81. The van der Waals surface area contributed by atoms with Crippen molar-refractivity contribution in [3.63, 3.8) is 0 Å². The first kappa shape index (κ1) is 13.2. The number of hydrogen-bond acceptors (Lipinski definition) is 3. The summed E-state index contributed by atoms with van der Waals surface area (Å²) in [5, 5.41) is 9.89. The Kier molecular flexibility index (Phi) is 3.76. The molecule has 0 bridgehead atoms. The number of nitrogens with one attached hydrogen (secondary N) is 2. The van der Waals surface area contributed by atoms with E-state index in [1.165, 1.54) is 0 Å². The maximum absolute atomic E-state index is 12.0. The molecule has 4 N–H and O–H groups in total. The van der Waals surface area contributed by atoms with Crippen LogP contribution in [0.15, 0.2) is 18.2 Å². The van der Waals surface area contributed by atoms with Crippen molar-refractivity contribution in [2.75, 3.05) is 11.1 Å². The molecule has 2 rings (SSSR count). The molecular weight excluding hydrogens is 367 g/mol. The van der Waals surface area contributed by atoms with Crippen LogP contribution >= 0.6 is 34.2 Å². The number of H-pyrrole nitrogens is 1. The summed E-state index contributed by atoms with van der Waals surface area (Å²) in [7, 11) is 0. The Morgan fingerprint density at radius 1 is 1.56 bits per heavy atom. The third kappa shape index (κ3) is 2.59. The molecule has 18 heavy (non-hydrogen) atoms. The second-order valence-corrected chi connectivity index (χ2v) is 5.29. The van der Waals surface area contributed by atoms with Crippen molar-refractivity contribution in [1.29, 1.82) is 0 Å². The first-order chi connectivity index (χ1) is 8.49. The monoisotopic (exact) mass is 376 g/mol. The summed E-state index contributed by atoms with van der Waals surface area (Å²) in [4.78, 5) is 12.0. The van der Waals surface area contributed by atoms with E-state index in [-0.39, 0.29) is 11.6 Å². The van der Waals surface area contributed by atoms with E-state index in [2.05, 4.69) is 38.1 Å². The Bertz CT molecular complexity index is 611. The molecule has 1 heterocycles. The van der Waals surface area contributed by atoms with Crippen molar-refractivity contribution in [2.24, 2.45) is 0 Å². The predicted molar refractivity (Wildman–Crippen MR) is 79.9 cm³/mol. The van der Waals surface area contributed by atoms with E-state index in [1.807, 2.05) is 0 Å². The molecule has 2 aromatic rings. The van der Waals surface area contributed by atoms with Crippen LogP contribution in [0.3, 0.4) is 0 Å². The summed E-state index contributed by atoms with van der Waals surface area (Å²) >= 11 is 7.94. The first-order valence-electron chi connectivity index (χ1n) is 5.06. The van der Waals surface area contributed by atoms with Crippen LogP contribution in [-0.4, -0.2) is 16.1 Å². The van der Waals surface area contributed by atoms with Gasteiger partial charge in [-0.15, -0.1) is 0 Å². The van der Waals surface area contributed by atoms with E-state index in [1.54, 1.807) is 25.1 Å². The zero-order valence-electron chi connectivity index (χ0n) is 9.42. The first-order valence-corrected chi connectivity index (χ1v) is 6.51. The highest BCUT2D eigenvalue weighted by Crippen LogP contribution is 2.23. The minimum atomic E-state index is -0.350. The molecular formula is C11H10ClIN4O.